The Balaban J connectivity index is 1.54. The summed E-state index contributed by atoms with van der Waals surface area (Å²) in [4.78, 5) is 24.1. The topological polar surface area (TPSA) is 64.2 Å². The minimum Gasteiger partial charge on any atom is -0.454 e. The molecular weight excluding hydrogens is 328 g/mol. The molecule has 1 N–H and O–H groups in total. The van der Waals surface area contributed by atoms with Crippen molar-refractivity contribution in [1.29, 1.82) is 0 Å². The smallest absolute Gasteiger partial charge is 0.287 e. The van der Waals surface area contributed by atoms with E-state index in [-0.39, 0.29) is 23.3 Å². The first-order valence-electron chi connectivity index (χ1n) is 8.71. The zero-order valence-electron chi connectivity index (χ0n) is 14.7. The summed E-state index contributed by atoms with van der Waals surface area (Å²) in [5.41, 5.74) is 1.15. The van der Waals surface area contributed by atoms with E-state index in [1.165, 1.54) is 16.2 Å². The predicted molar refractivity (Wildman–Crippen MR) is 100 cm³/mol. The molecule has 3 rings (SSSR count). The monoisotopic (exact) mass is 350 g/mol. The van der Waals surface area contributed by atoms with Gasteiger partial charge in [-0.05, 0) is 43.5 Å². The zero-order valence-corrected chi connectivity index (χ0v) is 14.7. The van der Waals surface area contributed by atoms with Crippen LogP contribution in [-0.4, -0.2) is 16.5 Å². The summed E-state index contributed by atoms with van der Waals surface area (Å²) in [5.74, 6) is 0.591. The summed E-state index contributed by atoms with van der Waals surface area (Å²) in [6.07, 6.45) is 3.45. The van der Waals surface area contributed by atoms with Gasteiger partial charge in [-0.2, -0.15) is 0 Å². The Kier molecular flexibility index (Phi) is 5.69. The van der Waals surface area contributed by atoms with Gasteiger partial charge in [0.1, 0.15) is 5.76 Å². The molecule has 1 atom stereocenters. The number of pyridine rings is 1. The van der Waals surface area contributed by atoms with Crippen LogP contribution in [0.1, 0.15) is 35.2 Å². The van der Waals surface area contributed by atoms with Crippen LogP contribution in [0.15, 0.2) is 76.1 Å². The molecule has 0 radical (unpaired) electrons. The standard InChI is InChI=1S/C21H22N2O3/c1-16(10-11-17-7-3-2-4-8-17)22-21(25)19-13-12-18(26-19)15-23-14-6-5-9-20(23)24/h2-9,12-14,16H,10-11,15H2,1H3,(H,22,25). The molecule has 2 aromatic heterocycles. The Bertz CT molecular complexity index is 912. The molecule has 1 unspecified atom stereocenters. The highest BCUT2D eigenvalue weighted by Crippen LogP contribution is 2.10. The molecular formula is C21H22N2O3. The van der Waals surface area contributed by atoms with E-state index in [4.69, 9.17) is 4.42 Å². The maximum atomic E-state index is 12.3. The van der Waals surface area contributed by atoms with E-state index in [9.17, 15) is 9.59 Å². The Morgan fingerprint density at radius 1 is 1.08 bits per heavy atom. The summed E-state index contributed by atoms with van der Waals surface area (Å²) in [6.45, 7) is 2.28. The summed E-state index contributed by atoms with van der Waals surface area (Å²) in [5, 5.41) is 2.95. The lowest BCUT2D eigenvalue weighted by atomic mass is 10.1. The van der Waals surface area contributed by atoms with E-state index in [2.05, 4.69) is 17.4 Å². The van der Waals surface area contributed by atoms with Gasteiger partial charge in [-0.25, -0.2) is 0 Å². The van der Waals surface area contributed by atoms with Gasteiger partial charge in [-0.3, -0.25) is 9.59 Å². The van der Waals surface area contributed by atoms with Crippen molar-refractivity contribution in [1.82, 2.24) is 9.88 Å². The largest absolute Gasteiger partial charge is 0.454 e. The van der Waals surface area contributed by atoms with Crippen LogP contribution in [0.5, 0.6) is 0 Å². The fraction of sp³-hybridized carbons (Fsp3) is 0.238. The number of hydrogen-bond donors (Lipinski definition) is 1. The lowest BCUT2D eigenvalue weighted by molar-refractivity contribution is 0.0908. The zero-order chi connectivity index (χ0) is 18.4. The maximum absolute atomic E-state index is 12.3. The number of furan rings is 1. The molecule has 0 aliphatic carbocycles. The molecule has 1 aromatic carbocycles. The van der Waals surface area contributed by atoms with Crippen LogP contribution in [-0.2, 0) is 13.0 Å². The van der Waals surface area contributed by atoms with Crippen LogP contribution in [0, 0.1) is 0 Å². The molecule has 0 fully saturated rings. The lowest BCUT2D eigenvalue weighted by Crippen LogP contribution is -2.32. The van der Waals surface area contributed by atoms with Crippen molar-refractivity contribution in [2.45, 2.75) is 32.4 Å². The number of benzene rings is 1. The Morgan fingerprint density at radius 2 is 1.85 bits per heavy atom. The van der Waals surface area contributed by atoms with Crippen molar-refractivity contribution in [2.24, 2.45) is 0 Å². The van der Waals surface area contributed by atoms with Crippen LogP contribution in [0.3, 0.4) is 0 Å². The van der Waals surface area contributed by atoms with Crippen LogP contribution in [0.2, 0.25) is 0 Å². The first-order valence-corrected chi connectivity index (χ1v) is 8.71. The fourth-order valence-electron chi connectivity index (χ4n) is 2.74. The number of nitrogens with zero attached hydrogens (tertiary/aromatic N) is 1. The van der Waals surface area contributed by atoms with Gasteiger partial charge in [0.05, 0.1) is 6.54 Å². The average molecular weight is 350 g/mol. The van der Waals surface area contributed by atoms with E-state index in [0.29, 0.717) is 12.3 Å². The molecule has 0 spiro atoms. The number of carbonyl (C=O) groups is 1. The minimum atomic E-state index is -0.239. The molecule has 2 heterocycles. The van der Waals surface area contributed by atoms with E-state index in [0.717, 1.165) is 12.8 Å². The second-order valence-electron chi connectivity index (χ2n) is 6.33. The van der Waals surface area contributed by atoms with Crippen LogP contribution >= 0.6 is 0 Å². The van der Waals surface area contributed by atoms with Gasteiger partial charge in [0.15, 0.2) is 5.76 Å². The van der Waals surface area contributed by atoms with Crippen molar-refractivity contribution >= 4 is 5.91 Å². The summed E-state index contributed by atoms with van der Waals surface area (Å²) in [7, 11) is 0. The third-order valence-corrected chi connectivity index (χ3v) is 4.20. The highest BCUT2D eigenvalue weighted by molar-refractivity contribution is 5.91. The van der Waals surface area contributed by atoms with Crippen LogP contribution in [0.4, 0.5) is 0 Å². The molecule has 0 bridgehead atoms. The Labute approximate surface area is 152 Å². The molecule has 5 heteroatoms. The fourth-order valence-corrected chi connectivity index (χ4v) is 2.74. The molecule has 0 aliphatic rings. The Morgan fingerprint density at radius 3 is 2.62 bits per heavy atom. The molecule has 134 valence electrons. The number of carbonyl (C=O) groups excluding carboxylic acids is 1. The summed E-state index contributed by atoms with van der Waals surface area (Å²) < 4.78 is 7.13. The maximum Gasteiger partial charge on any atom is 0.287 e. The number of nitrogens with one attached hydrogen (secondary N) is 1. The normalized spacial score (nSPS) is 11.9. The summed E-state index contributed by atoms with van der Waals surface area (Å²) >= 11 is 0. The quantitative estimate of drug-likeness (QED) is 0.711. The van der Waals surface area contributed by atoms with E-state index in [1.807, 2.05) is 25.1 Å². The third kappa shape index (κ3) is 4.72. The highest BCUT2D eigenvalue weighted by Gasteiger charge is 2.14. The van der Waals surface area contributed by atoms with Crippen molar-refractivity contribution in [3.8, 4) is 0 Å². The van der Waals surface area contributed by atoms with Crippen molar-refractivity contribution in [3.63, 3.8) is 0 Å². The second kappa shape index (κ2) is 8.34. The Hall–Kier alpha value is -3.08. The van der Waals surface area contributed by atoms with Gasteiger partial charge in [0.25, 0.3) is 11.5 Å². The van der Waals surface area contributed by atoms with Gasteiger partial charge in [0.2, 0.25) is 0 Å². The van der Waals surface area contributed by atoms with Crippen molar-refractivity contribution in [3.05, 3.63) is 94.3 Å². The average Bonchev–Trinajstić information content (AvgIpc) is 3.12. The molecule has 0 saturated carbocycles. The molecule has 0 saturated heterocycles. The highest BCUT2D eigenvalue weighted by atomic mass is 16.4. The number of amides is 1. The first-order chi connectivity index (χ1) is 12.6. The predicted octanol–water partition coefficient (Wildman–Crippen LogP) is 3.24. The van der Waals surface area contributed by atoms with Crippen LogP contribution < -0.4 is 10.9 Å². The number of hydrogen-bond acceptors (Lipinski definition) is 3. The van der Waals surface area contributed by atoms with Gasteiger partial charge in [0, 0.05) is 18.3 Å². The number of rotatable bonds is 7. The lowest BCUT2D eigenvalue weighted by Gasteiger charge is -2.12. The van der Waals surface area contributed by atoms with Crippen LogP contribution in [0.25, 0.3) is 0 Å². The van der Waals surface area contributed by atoms with E-state index < -0.39 is 0 Å². The second-order valence-corrected chi connectivity index (χ2v) is 6.33. The van der Waals surface area contributed by atoms with Gasteiger partial charge in [-0.15, -0.1) is 0 Å². The SMILES string of the molecule is CC(CCc1ccccc1)NC(=O)c1ccc(Cn2ccccc2=O)o1. The minimum absolute atomic E-state index is 0.0352. The number of aromatic nitrogens is 1. The van der Waals surface area contributed by atoms with Gasteiger partial charge >= 0.3 is 0 Å². The molecule has 26 heavy (non-hydrogen) atoms. The van der Waals surface area contributed by atoms with E-state index >= 15 is 0 Å². The van der Waals surface area contributed by atoms with Crippen molar-refractivity contribution in [2.75, 3.05) is 0 Å². The van der Waals surface area contributed by atoms with Gasteiger partial charge in [-0.1, -0.05) is 36.4 Å². The molecule has 3 aromatic rings. The van der Waals surface area contributed by atoms with E-state index in [1.54, 1.807) is 30.5 Å². The third-order valence-electron chi connectivity index (χ3n) is 4.20. The molecule has 1 amide bonds. The van der Waals surface area contributed by atoms with Crippen molar-refractivity contribution < 1.29 is 9.21 Å². The molecule has 0 aliphatic heterocycles. The summed E-state index contributed by atoms with van der Waals surface area (Å²) in [6, 6.07) is 18.6. The molecule has 5 nitrogen and oxygen atoms in total. The van der Waals surface area contributed by atoms with Gasteiger partial charge < -0.3 is 14.3 Å². The first kappa shape index (κ1) is 17.7. The number of aryl methyl sites for hydroxylation is 1.